The van der Waals surface area contributed by atoms with Gasteiger partial charge in [-0.05, 0) is 69.2 Å². The maximum atomic E-state index is 13.9. The molecule has 3 aromatic carbocycles. The van der Waals surface area contributed by atoms with Crippen LogP contribution in [0, 0.1) is 6.92 Å². The van der Waals surface area contributed by atoms with Crippen LogP contribution in [-0.4, -0.2) is 50.9 Å². The topological polar surface area (TPSA) is 96.0 Å². The van der Waals surface area contributed by atoms with Crippen LogP contribution in [0.3, 0.4) is 0 Å². The highest BCUT2D eigenvalue weighted by Crippen LogP contribution is 2.26. The molecule has 1 N–H and O–H groups in total. The van der Waals surface area contributed by atoms with E-state index in [0.29, 0.717) is 11.4 Å². The van der Waals surface area contributed by atoms with Gasteiger partial charge in [0.05, 0.1) is 17.7 Å². The second-order valence-electron chi connectivity index (χ2n) is 9.52. The Morgan fingerprint density at radius 2 is 1.54 bits per heavy atom. The van der Waals surface area contributed by atoms with Crippen molar-refractivity contribution in [2.75, 3.05) is 18.0 Å². The molecule has 8 nitrogen and oxygen atoms in total. The van der Waals surface area contributed by atoms with Crippen molar-refractivity contribution in [3.63, 3.8) is 0 Å². The summed E-state index contributed by atoms with van der Waals surface area (Å²) in [6, 6.07) is 21.3. The standard InChI is InChI=1S/C30H37N3O5S/c1-6-23(3)31-30(35)24(4)32(20-25-14-12-22(2)13-15-25)29(34)21-33(26-10-8-7-9-11-26)39(36,37)28-18-16-27(38-5)17-19-28/h7-19,23-24H,6,20-21H2,1-5H3,(H,31,35). The molecule has 0 aliphatic heterocycles. The molecule has 0 aliphatic rings. The summed E-state index contributed by atoms with van der Waals surface area (Å²) in [5, 5.41) is 2.93. The van der Waals surface area contributed by atoms with Gasteiger partial charge < -0.3 is 15.0 Å². The minimum absolute atomic E-state index is 0.0209. The van der Waals surface area contributed by atoms with Gasteiger partial charge in [0.2, 0.25) is 11.8 Å². The fourth-order valence-electron chi connectivity index (χ4n) is 3.94. The molecule has 9 heteroatoms. The van der Waals surface area contributed by atoms with Crippen LogP contribution in [-0.2, 0) is 26.2 Å². The lowest BCUT2D eigenvalue weighted by molar-refractivity contribution is -0.139. The van der Waals surface area contributed by atoms with E-state index >= 15 is 0 Å². The van der Waals surface area contributed by atoms with Crippen LogP contribution in [0.5, 0.6) is 5.75 Å². The third kappa shape index (κ3) is 7.60. The Morgan fingerprint density at radius 3 is 2.10 bits per heavy atom. The zero-order valence-corrected chi connectivity index (χ0v) is 23.9. The first-order chi connectivity index (χ1) is 18.6. The lowest BCUT2D eigenvalue weighted by Crippen LogP contribution is -2.52. The second kappa shape index (κ2) is 13.3. The van der Waals surface area contributed by atoms with Crippen LogP contribution < -0.4 is 14.4 Å². The van der Waals surface area contributed by atoms with Gasteiger partial charge >= 0.3 is 0 Å². The first-order valence-corrected chi connectivity index (χ1v) is 14.4. The van der Waals surface area contributed by atoms with Crippen molar-refractivity contribution >= 4 is 27.5 Å². The number of ether oxygens (including phenoxy) is 1. The summed E-state index contributed by atoms with van der Waals surface area (Å²) >= 11 is 0. The van der Waals surface area contributed by atoms with E-state index in [-0.39, 0.29) is 23.4 Å². The van der Waals surface area contributed by atoms with Gasteiger partial charge in [0.15, 0.2) is 0 Å². The molecule has 0 heterocycles. The summed E-state index contributed by atoms with van der Waals surface area (Å²) < 4.78 is 33.9. The Labute approximate surface area is 231 Å². The number of carbonyl (C=O) groups is 2. The molecule has 2 unspecified atom stereocenters. The van der Waals surface area contributed by atoms with E-state index in [1.165, 1.54) is 24.1 Å². The molecule has 0 spiro atoms. The number of carbonyl (C=O) groups excluding carboxylic acids is 2. The highest BCUT2D eigenvalue weighted by atomic mass is 32.2. The van der Waals surface area contributed by atoms with Gasteiger partial charge in [0.25, 0.3) is 10.0 Å². The van der Waals surface area contributed by atoms with E-state index in [2.05, 4.69) is 5.32 Å². The zero-order valence-electron chi connectivity index (χ0n) is 23.1. The smallest absolute Gasteiger partial charge is 0.264 e. The minimum Gasteiger partial charge on any atom is -0.497 e. The first-order valence-electron chi connectivity index (χ1n) is 12.9. The van der Waals surface area contributed by atoms with Gasteiger partial charge in [0, 0.05) is 12.6 Å². The quantitative estimate of drug-likeness (QED) is 0.357. The zero-order chi connectivity index (χ0) is 28.6. The van der Waals surface area contributed by atoms with E-state index in [4.69, 9.17) is 4.74 Å². The van der Waals surface area contributed by atoms with Crippen LogP contribution in [0.15, 0.2) is 83.8 Å². The van der Waals surface area contributed by atoms with Crippen molar-refractivity contribution < 1.29 is 22.7 Å². The van der Waals surface area contributed by atoms with Gasteiger partial charge in [-0.2, -0.15) is 0 Å². The molecule has 208 valence electrons. The molecule has 0 radical (unpaired) electrons. The van der Waals surface area contributed by atoms with Crippen LogP contribution >= 0.6 is 0 Å². The van der Waals surface area contributed by atoms with Crippen molar-refractivity contribution in [3.05, 3.63) is 90.0 Å². The minimum atomic E-state index is -4.13. The van der Waals surface area contributed by atoms with Crippen molar-refractivity contribution in [1.82, 2.24) is 10.2 Å². The fourth-order valence-corrected chi connectivity index (χ4v) is 5.35. The molecule has 3 rings (SSSR count). The maximum Gasteiger partial charge on any atom is 0.264 e. The SMILES string of the molecule is CCC(C)NC(=O)C(C)N(Cc1ccc(C)cc1)C(=O)CN(c1ccccc1)S(=O)(=O)c1ccc(OC)cc1. The number of rotatable bonds is 12. The summed E-state index contributed by atoms with van der Waals surface area (Å²) in [6.45, 7) is 7.16. The van der Waals surface area contributed by atoms with Crippen molar-refractivity contribution in [1.29, 1.82) is 0 Å². The number of nitrogens with one attached hydrogen (secondary N) is 1. The number of hydrogen-bond acceptors (Lipinski definition) is 5. The van der Waals surface area contributed by atoms with E-state index in [9.17, 15) is 18.0 Å². The summed E-state index contributed by atoms with van der Waals surface area (Å²) in [6.07, 6.45) is 0.742. The van der Waals surface area contributed by atoms with Gasteiger partial charge in [-0.15, -0.1) is 0 Å². The Morgan fingerprint density at radius 1 is 0.923 bits per heavy atom. The number of para-hydroxylation sites is 1. The van der Waals surface area contributed by atoms with E-state index in [0.717, 1.165) is 21.9 Å². The van der Waals surface area contributed by atoms with Crippen molar-refractivity contribution in [2.45, 2.75) is 57.6 Å². The normalized spacial score (nSPS) is 12.7. The largest absolute Gasteiger partial charge is 0.497 e. The molecule has 39 heavy (non-hydrogen) atoms. The number of nitrogens with zero attached hydrogens (tertiary/aromatic N) is 2. The monoisotopic (exact) mass is 551 g/mol. The van der Waals surface area contributed by atoms with E-state index in [1.807, 2.05) is 45.0 Å². The molecule has 2 amide bonds. The molecule has 3 aromatic rings. The number of aryl methyl sites for hydroxylation is 1. The molecular formula is C30H37N3O5S. The summed E-state index contributed by atoms with van der Waals surface area (Å²) in [5.74, 6) is -0.279. The summed E-state index contributed by atoms with van der Waals surface area (Å²) in [4.78, 5) is 28.4. The number of hydrogen-bond donors (Lipinski definition) is 1. The van der Waals surface area contributed by atoms with Crippen LogP contribution in [0.4, 0.5) is 5.69 Å². The summed E-state index contributed by atoms with van der Waals surface area (Å²) in [7, 11) is -2.63. The predicted octanol–water partition coefficient (Wildman–Crippen LogP) is 4.53. The number of methoxy groups -OCH3 is 1. The number of amides is 2. The summed E-state index contributed by atoms with van der Waals surface area (Å²) in [5.41, 5.74) is 2.25. The van der Waals surface area contributed by atoms with Crippen LogP contribution in [0.1, 0.15) is 38.3 Å². The van der Waals surface area contributed by atoms with Crippen LogP contribution in [0.2, 0.25) is 0 Å². The van der Waals surface area contributed by atoms with Crippen molar-refractivity contribution in [3.8, 4) is 5.75 Å². The Hall–Kier alpha value is -3.85. The maximum absolute atomic E-state index is 13.9. The molecule has 0 aromatic heterocycles. The highest BCUT2D eigenvalue weighted by Gasteiger charge is 2.32. The average Bonchev–Trinajstić information content (AvgIpc) is 2.95. The lowest BCUT2D eigenvalue weighted by Gasteiger charge is -2.32. The third-order valence-electron chi connectivity index (χ3n) is 6.61. The molecule has 0 saturated carbocycles. The Bertz CT molecular complexity index is 1340. The van der Waals surface area contributed by atoms with Crippen LogP contribution in [0.25, 0.3) is 0 Å². The van der Waals surface area contributed by atoms with E-state index < -0.39 is 28.5 Å². The Balaban J connectivity index is 1.99. The third-order valence-corrected chi connectivity index (χ3v) is 8.40. The molecular weight excluding hydrogens is 514 g/mol. The molecule has 2 atom stereocenters. The van der Waals surface area contributed by atoms with Gasteiger partial charge in [-0.1, -0.05) is 55.0 Å². The second-order valence-corrected chi connectivity index (χ2v) is 11.4. The predicted molar refractivity (Wildman–Crippen MR) is 153 cm³/mol. The average molecular weight is 552 g/mol. The number of sulfonamides is 1. The van der Waals surface area contributed by atoms with Gasteiger partial charge in [-0.3, -0.25) is 13.9 Å². The molecule has 0 aliphatic carbocycles. The van der Waals surface area contributed by atoms with Gasteiger partial charge in [-0.25, -0.2) is 8.42 Å². The first kappa shape index (κ1) is 29.7. The molecule has 0 bridgehead atoms. The fraction of sp³-hybridized carbons (Fsp3) is 0.333. The van der Waals surface area contributed by atoms with Gasteiger partial charge in [0.1, 0.15) is 18.3 Å². The number of benzene rings is 3. The van der Waals surface area contributed by atoms with Crippen molar-refractivity contribution in [2.24, 2.45) is 0 Å². The molecule has 0 saturated heterocycles. The Kier molecular flexibility index (Phi) is 10.1. The number of anilines is 1. The lowest BCUT2D eigenvalue weighted by atomic mass is 10.1. The highest BCUT2D eigenvalue weighted by molar-refractivity contribution is 7.92. The van der Waals surface area contributed by atoms with E-state index in [1.54, 1.807) is 49.4 Å². The molecule has 0 fully saturated rings.